The van der Waals surface area contributed by atoms with Crippen LogP contribution in [0.3, 0.4) is 0 Å². The summed E-state index contributed by atoms with van der Waals surface area (Å²) in [7, 11) is 4.00. The van der Waals surface area contributed by atoms with Gasteiger partial charge in [-0.3, -0.25) is 4.79 Å². The lowest BCUT2D eigenvalue weighted by Crippen LogP contribution is -2.37. The number of aromatic nitrogens is 2. The molecule has 2 aromatic heterocycles. The van der Waals surface area contributed by atoms with E-state index < -0.39 is 0 Å². The predicted molar refractivity (Wildman–Crippen MR) is 143 cm³/mol. The molecule has 2 heterocycles. The van der Waals surface area contributed by atoms with Crippen LogP contribution in [0.5, 0.6) is 0 Å². The fraction of sp³-hybridized carbons (Fsp3) is 0.370. The van der Waals surface area contributed by atoms with Crippen LogP contribution < -0.4 is 21.0 Å². The first-order chi connectivity index (χ1) is 16.9. The van der Waals surface area contributed by atoms with Gasteiger partial charge in [-0.15, -0.1) is 0 Å². The third-order valence-corrected chi connectivity index (χ3v) is 7.18. The van der Waals surface area contributed by atoms with Gasteiger partial charge in [0.05, 0.1) is 17.2 Å². The SMILES string of the molecule is Cc1cc2occ(CNC3CCC(Nc4nc(N(C)C)c5ccccc5n4)CC3)c(=O)c2cc1Cl. The van der Waals surface area contributed by atoms with Crippen LogP contribution in [0.25, 0.3) is 21.9 Å². The van der Waals surface area contributed by atoms with Crippen molar-refractivity contribution in [1.82, 2.24) is 15.3 Å². The Kier molecular flexibility index (Phi) is 6.62. The molecule has 1 aliphatic carbocycles. The Morgan fingerprint density at radius 3 is 2.57 bits per heavy atom. The van der Waals surface area contributed by atoms with Crippen LogP contribution in [0, 0.1) is 6.92 Å². The van der Waals surface area contributed by atoms with Crippen molar-refractivity contribution in [3.8, 4) is 0 Å². The third kappa shape index (κ3) is 4.97. The minimum atomic E-state index is -0.0267. The van der Waals surface area contributed by atoms with Crippen molar-refractivity contribution in [2.45, 2.75) is 51.2 Å². The summed E-state index contributed by atoms with van der Waals surface area (Å²) in [6, 6.07) is 12.3. The molecule has 0 spiro atoms. The number of nitrogens with one attached hydrogen (secondary N) is 2. The van der Waals surface area contributed by atoms with Gasteiger partial charge >= 0.3 is 0 Å². The van der Waals surface area contributed by atoms with Crippen molar-refractivity contribution in [2.75, 3.05) is 24.3 Å². The number of nitrogens with zero attached hydrogens (tertiary/aromatic N) is 3. The molecule has 2 N–H and O–H groups in total. The molecule has 8 heteroatoms. The van der Waals surface area contributed by atoms with Gasteiger partial charge in [0, 0.05) is 48.7 Å². The normalized spacial score (nSPS) is 18.2. The second kappa shape index (κ2) is 9.84. The van der Waals surface area contributed by atoms with Gasteiger partial charge in [0.15, 0.2) is 5.43 Å². The Labute approximate surface area is 209 Å². The van der Waals surface area contributed by atoms with Crippen molar-refractivity contribution in [3.05, 3.63) is 69.0 Å². The van der Waals surface area contributed by atoms with Gasteiger partial charge in [0.1, 0.15) is 11.4 Å². The molecule has 5 rings (SSSR count). The average Bonchev–Trinajstić information content (AvgIpc) is 2.85. The molecule has 0 bridgehead atoms. The molecule has 7 nitrogen and oxygen atoms in total. The molecule has 0 saturated heterocycles. The molecule has 182 valence electrons. The molecule has 2 aromatic carbocycles. The first kappa shape index (κ1) is 23.6. The molecule has 4 aromatic rings. The summed E-state index contributed by atoms with van der Waals surface area (Å²) in [6.07, 6.45) is 5.60. The number of halogens is 1. The second-order valence-electron chi connectivity index (χ2n) is 9.54. The van der Waals surface area contributed by atoms with Crippen LogP contribution in [-0.2, 0) is 6.54 Å². The third-order valence-electron chi connectivity index (χ3n) is 6.77. The topological polar surface area (TPSA) is 83.3 Å². The fourth-order valence-corrected chi connectivity index (χ4v) is 4.92. The molecule has 0 atom stereocenters. The van der Waals surface area contributed by atoms with E-state index in [4.69, 9.17) is 26.0 Å². The highest BCUT2D eigenvalue weighted by atomic mass is 35.5. The number of para-hydroxylation sites is 1. The summed E-state index contributed by atoms with van der Waals surface area (Å²) in [5, 5.41) is 9.24. The Hall–Kier alpha value is -3.16. The number of aryl methyl sites for hydroxylation is 1. The molecule has 0 radical (unpaired) electrons. The minimum absolute atomic E-state index is 0.0267. The zero-order valence-electron chi connectivity index (χ0n) is 20.3. The van der Waals surface area contributed by atoms with E-state index in [1.165, 1.54) is 0 Å². The van der Waals surface area contributed by atoms with E-state index in [-0.39, 0.29) is 5.43 Å². The lowest BCUT2D eigenvalue weighted by atomic mass is 9.91. The molecule has 0 aliphatic heterocycles. The van der Waals surface area contributed by atoms with Gasteiger partial charge in [-0.1, -0.05) is 23.7 Å². The van der Waals surface area contributed by atoms with Gasteiger partial charge in [-0.05, 0) is 62.4 Å². The standard InChI is InChI=1S/C27H30ClN5O2/c1-16-12-24-21(13-22(16)28)25(34)17(15-35-24)14-29-18-8-10-19(11-9-18)30-27-31-23-7-5-4-6-20(23)26(32-27)33(2)3/h4-7,12-13,15,18-19,29H,8-11,14H2,1-3H3,(H,30,31,32). The molecule has 1 aliphatic rings. The average molecular weight is 492 g/mol. The van der Waals surface area contributed by atoms with Crippen molar-refractivity contribution in [1.29, 1.82) is 0 Å². The molecule has 0 unspecified atom stereocenters. The first-order valence-corrected chi connectivity index (χ1v) is 12.4. The maximum absolute atomic E-state index is 12.9. The van der Waals surface area contributed by atoms with E-state index in [2.05, 4.69) is 16.7 Å². The van der Waals surface area contributed by atoms with E-state index in [1.807, 2.05) is 50.2 Å². The van der Waals surface area contributed by atoms with Crippen molar-refractivity contribution >= 4 is 45.2 Å². The molecular weight excluding hydrogens is 462 g/mol. The van der Waals surface area contributed by atoms with E-state index in [1.54, 1.807) is 12.3 Å². The monoisotopic (exact) mass is 491 g/mol. The van der Waals surface area contributed by atoms with Crippen LogP contribution in [0.15, 0.2) is 51.9 Å². The van der Waals surface area contributed by atoms with Crippen LogP contribution in [0.1, 0.15) is 36.8 Å². The predicted octanol–water partition coefficient (Wildman–Crippen LogP) is 5.28. The number of fused-ring (bicyclic) bond motifs is 2. The van der Waals surface area contributed by atoms with Crippen molar-refractivity contribution in [3.63, 3.8) is 0 Å². The van der Waals surface area contributed by atoms with Gasteiger partial charge in [0.25, 0.3) is 0 Å². The molecule has 1 fully saturated rings. The van der Waals surface area contributed by atoms with Gasteiger partial charge in [-0.2, -0.15) is 4.98 Å². The molecule has 1 saturated carbocycles. The zero-order valence-corrected chi connectivity index (χ0v) is 21.0. The van der Waals surface area contributed by atoms with Gasteiger partial charge in [-0.25, -0.2) is 4.98 Å². The first-order valence-electron chi connectivity index (χ1n) is 12.0. The Morgan fingerprint density at radius 1 is 1.06 bits per heavy atom. The Bertz CT molecular complexity index is 1430. The number of hydrogen-bond donors (Lipinski definition) is 2. The molecule has 35 heavy (non-hydrogen) atoms. The van der Waals surface area contributed by atoms with Gasteiger partial charge < -0.3 is 20.0 Å². The number of benzene rings is 2. The summed E-state index contributed by atoms with van der Waals surface area (Å²) in [5.41, 5.74) is 3.00. The smallest absolute Gasteiger partial charge is 0.225 e. The van der Waals surface area contributed by atoms with Crippen LogP contribution >= 0.6 is 11.6 Å². The Morgan fingerprint density at radius 2 is 1.80 bits per heavy atom. The van der Waals surface area contributed by atoms with E-state index in [9.17, 15) is 4.79 Å². The summed E-state index contributed by atoms with van der Waals surface area (Å²) in [4.78, 5) is 24.4. The largest absolute Gasteiger partial charge is 0.464 e. The highest BCUT2D eigenvalue weighted by Crippen LogP contribution is 2.27. The summed E-state index contributed by atoms with van der Waals surface area (Å²) < 4.78 is 5.71. The number of rotatable bonds is 6. The van der Waals surface area contributed by atoms with E-state index >= 15 is 0 Å². The number of anilines is 2. The lowest BCUT2D eigenvalue weighted by molar-refractivity contribution is 0.351. The zero-order chi connectivity index (χ0) is 24.5. The van der Waals surface area contributed by atoms with Gasteiger partial charge in [0.2, 0.25) is 5.95 Å². The highest BCUT2D eigenvalue weighted by molar-refractivity contribution is 6.32. The summed E-state index contributed by atoms with van der Waals surface area (Å²) in [6.45, 7) is 2.38. The minimum Gasteiger partial charge on any atom is -0.464 e. The maximum Gasteiger partial charge on any atom is 0.225 e. The lowest BCUT2D eigenvalue weighted by Gasteiger charge is -2.30. The van der Waals surface area contributed by atoms with Crippen LogP contribution in [0.4, 0.5) is 11.8 Å². The highest BCUT2D eigenvalue weighted by Gasteiger charge is 2.22. The molecular formula is C27H30ClN5O2. The quantitative estimate of drug-likeness (QED) is 0.379. The Balaban J connectivity index is 1.20. The second-order valence-corrected chi connectivity index (χ2v) is 9.95. The summed E-state index contributed by atoms with van der Waals surface area (Å²) >= 11 is 6.22. The maximum atomic E-state index is 12.9. The van der Waals surface area contributed by atoms with Crippen LogP contribution in [-0.4, -0.2) is 36.1 Å². The fourth-order valence-electron chi connectivity index (χ4n) is 4.76. The van der Waals surface area contributed by atoms with Crippen molar-refractivity contribution in [2.24, 2.45) is 0 Å². The van der Waals surface area contributed by atoms with E-state index in [0.717, 1.165) is 48.0 Å². The van der Waals surface area contributed by atoms with E-state index in [0.29, 0.717) is 46.1 Å². The van der Waals surface area contributed by atoms with Crippen LogP contribution in [0.2, 0.25) is 5.02 Å². The molecule has 0 amide bonds. The number of hydrogen-bond acceptors (Lipinski definition) is 7. The summed E-state index contributed by atoms with van der Waals surface area (Å²) in [5.74, 6) is 1.59. The van der Waals surface area contributed by atoms with Crippen molar-refractivity contribution < 1.29 is 4.42 Å².